The van der Waals surface area contributed by atoms with Crippen LogP contribution in [0, 0.1) is 5.92 Å². The van der Waals surface area contributed by atoms with Gasteiger partial charge < -0.3 is 0 Å². The number of rotatable bonds is 4. The second-order valence-electron chi connectivity index (χ2n) is 5.93. The van der Waals surface area contributed by atoms with Crippen LogP contribution in [0.4, 0.5) is 0 Å². The Morgan fingerprint density at radius 1 is 1.17 bits per heavy atom. The van der Waals surface area contributed by atoms with E-state index < -0.39 is 0 Å². The molecule has 4 nitrogen and oxygen atoms in total. The van der Waals surface area contributed by atoms with Crippen molar-refractivity contribution < 1.29 is 9.59 Å². The maximum Gasteiger partial charge on any atom is 0.281 e. The quantitative estimate of drug-likeness (QED) is 0.808. The lowest BCUT2D eigenvalue weighted by Crippen LogP contribution is -2.41. The highest BCUT2D eigenvalue weighted by Gasteiger charge is 2.18. The Hall–Kier alpha value is -1.59. The van der Waals surface area contributed by atoms with Gasteiger partial charge in [-0.3, -0.25) is 20.4 Å². The number of carbonyl (C=O) groups is 2. The highest BCUT2D eigenvalue weighted by molar-refractivity contribution is 7.21. The maximum absolute atomic E-state index is 12.2. The van der Waals surface area contributed by atoms with Crippen LogP contribution in [0.5, 0.6) is 0 Å². The third kappa shape index (κ3) is 3.85. The van der Waals surface area contributed by atoms with E-state index in [9.17, 15) is 9.59 Å². The highest BCUT2D eigenvalue weighted by Crippen LogP contribution is 2.34. The lowest BCUT2D eigenvalue weighted by Gasteiger charge is -2.09. The van der Waals surface area contributed by atoms with Gasteiger partial charge in [0.05, 0.1) is 5.02 Å². The predicted molar refractivity (Wildman–Crippen MR) is 93.6 cm³/mol. The minimum atomic E-state index is -0.370. The standard InChI is InChI=1S/C17H19ClN2O2S/c18-15-12-7-3-4-8-13(12)23-16(15)17(22)20-19-14(21)10-9-11-5-1-2-6-11/h3-4,7-8,11H,1-2,5-6,9-10H2,(H,19,21)(H,20,22). The topological polar surface area (TPSA) is 58.2 Å². The van der Waals surface area contributed by atoms with Crippen molar-refractivity contribution in [2.75, 3.05) is 0 Å². The molecule has 2 amide bonds. The third-order valence-corrected chi connectivity index (χ3v) is 5.99. The van der Waals surface area contributed by atoms with Gasteiger partial charge in [-0.05, 0) is 18.4 Å². The van der Waals surface area contributed by atoms with Gasteiger partial charge in [0, 0.05) is 16.5 Å². The van der Waals surface area contributed by atoms with Crippen molar-refractivity contribution in [1.82, 2.24) is 10.9 Å². The van der Waals surface area contributed by atoms with Crippen molar-refractivity contribution in [2.24, 2.45) is 5.92 Å². The van der Waals surface area contributed by atoms with Gasteiger partial charge >= 0.3 is 0 Å². The summed E-state index contributed by atoms with van der Waals surface area (Å²) >= 11 is 7.57. The number of hydrogen-bond donors (Lipinski definition) is 2. The predicted octanol–water partition coefficient (Wildman–Crippen LogP) is 4.29. The van der Waals surface area contributed by atoms with Crippen LogP contribution in [-0.4, -0.2) is 11.8 Å². The fraction of sp³-hybridized carbons (Fsp3) is 0.412. The number of thiophene rings is 1. The zero-order chi connectivity index (χ0) is 16.2. The van der Waals surface area contributed by atoms with Gasteiger partial charge in [-0.2, -0.15) is 0 Å². The van der Waals surface area contributed by atoms with Crippen molar-refractivity contribution in [1.29, 1.82) is 0 Å². The Bertz CT molecular complexity index is 722. The molecule has 0 atom stereocenters. The Kier molecular flexibility index (Phi) is 5.18. The van der Waals surface area contributed by atoms with Crippen LogP contribution in [0.25, 0.3) is 10.1 Å². The van der Waals surface area contributed by atoms with Gasteiger partial charge in [-0.25, -0.2) is 0 Å². The zero-order valence-electron chi connectivity index (χ0n) is 12.7. The molecular weight excluding hydrogens is 332 g/mol. The minimum Gasteiger partial charge on any atom is -0.273 e. The highest BCUT2D eigenvalue weighted by atomic mass is 35.5. The fourth-order valence-electron chi connectivity index (χ4n) is 3.04. The van der Waals surface area contributed by atoms with E-state index in [2.05, 4.69) is 10.9 Å². The van der Waals surface area contributed by atoms with E-state index >= 15 is 0 Å². The molecule has 6 heteroatoms. The second kappa shape index (κ2) is 7.32. The van der Waals surface area contributed by atoms with E-state index in [1.54, 1.807) is 0 Å². The minimum absolute atomic E-state index is 0.150. The molecule has 1 aliphatic rings. The van der Waals surface area contributed by atoms with Gasteiger partial charge in [-0.1, -0.05) is 55.5 Å². The molecule has 1 aliphatic carbocycles. The first kappa shape index (κ1) is 16.3. The summed E-state index contributed by atoms with van der Waals surface area (Å²) in [5.74, 6) is 0.140. The average molecular weight is 351 g/mol. The Balaban J connectivity index is 1.53. The Labute approximate surface area is 144 Å². The molecule has 1 saturated carbocycles. The zero-order valence-corrected chi connectivity index (χ0v) is 14.3. The van der Waals surface area contributed by atoms with Gasteiger partial charge in [0.1, 0.15) is 4.88 Å². The van der Waals surface area contributed by atoms with Crippen molar-refractivity contribution >= 4 is 44.8 Å². The first-order valence-electron chi connectivity index (χ1n) is 7.91. The number of halogens is 1. The molecule has 2 aromatic rings. The van der Waals surface area contributed by atoms with E-state index in [1.807, 2.05) is 24.3 Å². The summed E-state index contributed by atoms with van der Waals surface area (Å²) in [5.41, 5.74) is 4.95. The Morgan fingerprint density at radius 2 is 1.91 bits per heavy atom. The second-order valence-corrected chi connectivity index (χ2v) is 7.36. The smallest absolute Gasteiger partial charge is 0.273 e. The molecule has 0 radical (unpaired) electrons. The molecule has 0 spiro atoms. The molecule has 1 heterocycles. The van der Waals surface area contributed by atoms with Crippen LogP contribution < -0.4 is 10.9 Å². The monoisotopic (exact) mass is 350 g/mol. The van der Waals surface area contributed by atoms with E-state index in [-0.39, 0.29) is 11.8 Å². The van der Waals surface area contributed by atoms with Crippen molar-refractivity contribution in [2.45, 2.75) is 38.5 Å². The SMILES string of the molecule is O=C(CCC1CCCC1)NNC(=O)c1sc2ccccc2c1Cl. The number of fused-ring (bicyclic) bond motifs is 1. The summed E-state index contributed by atoms with van der Waals surface area (Å²) in [6.45, 7) is 0. The molecule has 1 aromatic heterocycles. The van der Waals surface area contributed by atoms with E-state index in [4.69, 9.17) is 11.6 Å². The molecule has 1 aromatic carbocycles. The number of amides is 2. The molecule has 0 aliphatic heterocycles. The van der Waals surface area contributed by atoms with E-state index in [0.717, 1.165) is 16.5 Å². The third-order valence-electron chi connectivity index (χ3n) is 4.31. The molecular formula is C17H19ClN2O2S. The first-order valence-corrected chi connectivity index (χ1v) is 9.11. The summed E-state index contributed by atoms with van der Waals surface area (Å²) in [5, 5.41) is 1.29. The summed E-state index contributed by atoms with van der Waals surface area (Å²) in [6, 6.07) is 7.59. The molecule has 3 rings (SSSR count). The van der Waals surface area contributed by atoms with Crippen molar-refractivity contribution in [3.8, 4) is 0 Å². The number of hydrogen-bond acceptors (Lipinski definition) is 3. The summed E-state index contributed by atoms with van der Waals surface area (Å²) in [6.07, 6.45) is 6.32. The molecule has 1 fully saturated rings. The first-order chi connectivity index (χ1) is 11.1. The molecule has 0 unspecified atom stereocenters. The Morgan fingerprint density at radius 3 is 2.65 bits per heavy atom. The van der Waals surface area contributed by atoms with Crippen LogP contribution in [0.2, 0.25) is 5.02 Å². The van der Waals surface area contributed by atoms with E-state index in [0.29, 0.717) is 22.2 Å². The largest absolute Gasteiger partial charge is 0.281 e. The summed E-state index contributed by atoms with van der Waals surface area (Å²) in [7, 11) is 0. The molecule has 2 N–H and O–H groups in total. The summed E-state index contributed by atoms with van der Waals surface area (Å²) < 4.78 is 0.954. The molecule has 122 valence electrons. The van der Waals surface area contributed by atoms with Gasteiger partial charge in [0.25, 0.3) is 5.91 Å². The van der Waals surface area contributed by atoms with Crippen molar-refractivity contribution in [3.05, 3.63) is 34.2 Å². The number of hydrazine groups is 1. The summed E-state index contributed by atoms with van der Waals surface area (Å²) in [4.78, 5) is 24.5. The van der Waals surface area contributed by atoms with Crippen LogP contribution in [0.15, 0.2) is 24.3 Å². The van der Waals surface area contributed by atoms with E-state index in [1.165, 1.54) is 37.0 Å². The average Bonchev–Trinajstić information content (AvgIpc) is 3.19. The van der Waals surface area contributed by atoms with Crippen molar-refractivity contribution in [3.63, 3.8) is 0 Å². The van der Waals surface area contributed by atoms with Gasteiger partial charge in [0.2, 0.25) is 5.91 Å². The van der Waals surface area contributed by atoms with Gasteiger partial charge in [0.15, 0.2) is 0 Å². The van der Waals surface area contributed by atoms with Crippen LogP contribution in [0.3, 0.4) is 0 Å². The normalized spacial score (nSPS) is 15.0. The van der Waals surface area contributed by atoms with Gasteiger partial charge in [-0.15, -0.1) is 11.3 Å². The van der Waals surface area contributed by atoms with Crippen LogP contribution >= 0.6 is 22.9 Å². The molecule has 23 heavy (non-hydrogen) atoms. The lowest BCUT2D eigenvalue weighted by molar-refractivity contribution is -0.122. The number of nitrogens with one attached hydrogen (secondary N) is 2. The van der Waals surface area contributed by atoms with Crippen LogP contribution in [-0.2, 0) is 4.79 Å². The fourth-order valence-corrected chi connectivity index (χ4v) is 4.45. The number of benzene rings is 1. The molecule has 0 saturated heterocycles. The number of carbonyl (C=O) groups excluding carboxylic acids is 2. The lowest BCUT2D eigenvalue weighted by atomic mass is 10.0. The van der Waals surface area contributed by atoms with Crippen LogP contribution in [0.1, 0.15) is 48.2 Å². The maximum atomic E-state index is 12.2. The molecule has 0 bridgehead atoms.